The van der Waals surface area contributed by atoms with Crippen LogP contribution >= 0.6 is 11.6 Å². The number of aromatic hydroxyl groups is 1. The van der Waals surface area contributed by atoms with Crippen molar-refractivity contribution in [3.8, 4) is 5.75 Å². The molecule has 0 fully saturated rings. The number of nitrogens with zero attached hydrogens (tertiary/aromatic N) is 2. The molecule has 0 saturated carbocycles. The van der Waals surface area contributed by atoms with Crippen molar-refractivity contribution >= 4 is 34.5 Å². The molecule has 0 spiro atoms. The van der Waals surface area contributed by atoms with Crippen molar-refractivity contribution in [1.29, 1.82) is 0 Å². The summed E-state index contributed by atoms with van der Waals surface area (Å²) in [7, 11) is 0. The van der Waals surface area contributed by atoms with Gasteiger partial charge in [0.1, 0.15) is 23.5 Å². The number of nitrogens with one attached hydrogen (secondary N) is 1. The van der Waals surface area contributed by atoms with Gasteiger partial charge >= 0.3 is 5.97 Å². The Morgan fingerprint density at radius 3 is 2.63 bits per heavy atom. The third-order valence-electron chi connectivity index (χ3n) is 3.91. The van der Waals surface area contributed by atoms with Crippen LogP contribution in [0.15, 0.2) is 47.4 Å². The van der Waals surface area contributed by atoms with Crippen LogP contribution in [-0.2, 0) is 11.3 Å². The number of carbonyl (C=O) groups excluding carboxylic acids is 1. The average molecular weight is 388 g/mol. The fourth-order valence-electron chi connectivity index (χ4n) is 2.66. The maximum absolute atomic E-state index is 12.9. The van der Waals surface area contributed by atoms with Crippen molar-refractivity contribution in [2.45, 2.75) is 6.54 Å². The quantitative estimate of drug-likeness (QED) is 0.611. The van der Waals surface area contributed by atoms with E-state index in [4.69, 9.17) is 16.7 Å². The number of hydrogen-bond acceptors (Lipinski definition) is 5. The number of amides is 1. The van der Waals surface area contributed by atoms with Gasteiger partial charge in [0.05, 0.1) is 11.9 Å². The summed E-state index contributed by atoms with van der Waals surface area (Å²) in [5.41, 5.74) is -0.559. The highest BCUT2D eigenvalue weighted by atomic mass is 35.5. The Morgan fingerprint density at radius 2 is 1.93 bits per heavy atom. The van der Waals surface area contributed by atoms with E-state index in [-0.39, 0.29) is 17.6 Å². The first-order chi connectivity index (χ1) is 12.9. The lowest BCUT2D eigenvalue weighted by Gasteiger charge is -2.14. The second-order valence-electron chi connectivity index (χ2n) is 5.66. The van der Waals surface area contributed by atoms with Gasteiger partial charge < -0.3 is 15.5 Å². The molecule has 0 radical (unpaired) electrons. The Hall–Kier alpha value is -3.39. The lowest BCUT2D eigenvalue weighted by Crippen LogP contribution is -2.36. The van der Waals surface area contributed by atoms with E-state index in [2.05, 4.69) is 10.3 Å². The lowest BCUT2D eigenvalue weighted by molar-refractivity contribution is -0.135. The molecule has 3 rings (SSSR count). The molecule has 0 atom stereocenters. The highest BCUT2D eigenvalue weighted by molar-refractivity contribution is 6.31. The number of carboxylic acid groups (broad SMARTS) is 1. The Kier molecular flexibility index (Phi) is 5.09. The molecule has 1 aromatic carbocycles. The third kappa shape index (κ3) is 3.61. The zero-order valence-corrected chi connectivity index (χ0v) is 14.6. The molecule has 2 aromatic heterocycles. The van der Waals surface area contributed by atoms with Crippen LogP contribution in [0.5, 0.6) is 5.75 Å². The summed E-state index contributed by atoms with van der Waals surface area (Å²) in [6, 6.07) is 9.94. The number of benzene rings is 1. The van der Waals surface area contributed by atoms with Gasteiger partial charge in [-0.05, 0) is 23.8 Å². The predicted molar refractivity (Wildman–Crippen MR) is 98.2 cm³/mol. The van der Waals surface area contributed by atoms with Crippen LogP contribution in [0.1, 0.15) is 15.9 Å². The SMILES string of the molecule is O=C(O)CNC(=O)c1c(O)c2cccnc2n(Cc2ccccc2Cl)c1=O. The van der Waals surface area contributed by atoms with Crippen molar-refractivity contribution in [2.24, 2.45) is 0 Å². The number of fused-ring (bicyclic) bond motifs is 1. The van der Waals surface area contributed by atoms with Crippen LogP contribution in [0.2, 0.25) is 5.02 Å². The first-order valence-corrected chi connectivity index (χ1v) is 8.22. The van der Waals surface area contributed by atoms with Gasteiger partial charge in [0.25, 0.3) is 11.5 Å². The summed E-state index contributed by atoms with van der Waals surface area (Å²) >= 11 is 6.17. The monoisotopic (exact) mass is 387 g/mol. The van der Waals surface area contributed by atoms with E-state index in [0.717, 1.165) is 0 Å². The minimum Gasteiger partial charge on any atom is -0.506 e. The summed E-state index contributed by atoms with van der Waals surface area (Å²) in [6.45, 7) is -0.668. The van der Waals surface area contributed by atoms with Gasteiger partial charge in [-0.3, -0.25) is 19.0 Å². The molecular weight excluding hydrogens is 374 g/mol. The fourth-order valence-corrected chi connectivity index (χ4v) is 2.85. The van der Waals surface area contributed by atoms with Crippen LogP contribution in [0, 0.1) is 0 Å². The van der Waals surface area contributed by atoms with Gasteiger partial charge in [-0.2, -0.15) is 0 Å². The van der Waals surface area contributed by atoms with Crippen LogP contribution in [-0.4, -0.2) is 38.2 Å². The Balaban J connectivity index is 2.20. The number of rotatable bonds is 5. The van der Waals surface area contributed by atoms with Crippen molar-refractivity contribution in [2.75, 3.05) is 6.54 Å². The van der Waals surface area contributed by atoms with E-state index in [1.54, 1.807) is 30.3 Å². The molecule has 9 heteroatoms. The van der Waals surface area contributed by atoms with Crippen LogP contribution < -0.4 is 10.9 Å². The summed E-state index contributed by atoms with van der Waals surface area (Å²) in [5, 5.41) is 21.8. The smallest absolute Gasteiger partial charge is 0.322 e. The lowest BCUT2D eigenvalue weighted by atomic mass is 10.1. The van der Waals surface area contributed by atoms with Crippen LogP contribution in [0.25, 0.3) is 11.0 Å². The molecule has 0 bridgehead atoms. The molecule has 0 aliphatic heterocycles. The van der Waals surface area contributed by atoms with Crippen molar-refractivity contribution in [3.05, 3.63) is 69.1 Å². The topological polar surface area (TPSA) is 122 Å². The van der Waals surface area contributed by atoms with Gasteiger partial charge in [-0.25, -0.2) is 4.98 Å². The molecule has 3 aromatic rings. The van der Waals surface area contributed by atoms with E-state index in [9.17, 15) is 19.5 Å². The zero-order chi connectivity index (χ0) is 19.6. The van der Waals surface area contributed by atoms with Crippen LogP contribution in [0.4, 0.5) is 0 Å². The van der Waals surface area contributed by atoms with E-state index >= 15 is 0 Å². The molecule has 27 heavy (non-hydrogen) atoms. The first-order valence-electron chi connectivity index (χ1n) is 7.84. The Morgan fingerprint density at radius 1 is 1.19 bits per heavy atom. The summed E-state index contributed by atoms with van der Waals surface area (Å²) in [6.07, 6.45) is 1.45. The van der Waals surface area contributed by atoms with E-state index in [1.807, 2.05) is 0 Å². The number of pyridine rings is 2. The maximum atomic E-state index is 12.9. The second-order valence-corrected chi connectivity index (χ2v) is 6.06. The van der Waals surface area contributed by atoms with Gasteiger partial charge in [0, 0.05) is 11.2 Å². The second kappa shape index (κ2) is 7.46. The molecule has 1 amide bonds. The molecule has 0 saturated heterocycles. The molecule has 8 nitrogen and oxygen atoms in total. The van der Waals surface area contributed by atoms with E-state index in [1.165, 1.54) is 16.8 Å². The number of aliphatic carboxylic acids is 1. The van der Waals surface area contributed by atoms with Gasteiger partial charge in [-0.15, -0.1) is 0 Å². The van der Waals surface area contributed by atoms with Crippen LogP contribution in [0.3, 0.4) is 0 Å². The number of carbonyl (C=O) groups is 2. The number of hydrogen-bond donors (Lipinski definition) is 3. The zero-order valence-electron chi connectivity index (χ0n) is 13.8. The van der Waals surface area contributed by atoms with Crippen molar-refractivity contribution in [3.63, 3.8) is 0 Å². The standard InChI is InChI=1S/C18H14ClN3O5/c19-12-6-2-1-4-10(12)9-22-16-11(5-3-7-20-16)15(25)14(18(22)27)17(26)21-8-13(23)24/h1-7,25H,8-9H2,(H,21,26)(H,23,24). The molecule has 3 N–H and O–H groups in total. The number of aromatic nitrogens is 2. The highest BCUT2D eigenvalue weighted by Crippen LogP contribution is 2.26. The summed E-state index contributed by atoms with van der Waals surface area (Å²) < 4.78 is 1.21. The minimum absolute atomic E-state index is 0.0194. The number of carboxylic acids is 1. The Bertz CT molecular complexity index is 1110. The van der Waals surface area contributed by atoms with Crippen molar-refractivity contribution < 1.29 is 19.8 Å². The third-order valence-corrected chi connectivity index (χ3v) is 4.28. The number of halogens is 1. The maximum Gasteiger partial charge on any atom is 0.322 e. The Labute approximate surface area is 157 Å². The molecule has 0 unspecified atom stereocenters. The van der Waals surface area contributed by atoms with Crippen molar-refractivity contribution in [1.82, 2.24) is 14.9 Å². The molecular formula is C18H14ClN3O5. The summed E-state index contributed by atoms with van der Waals surface area (Å²) in [5.74, 6) is -2.82. The van der Waals surface area contributed by atoms with Gasteiger partial charge in [-0.1, -0.05) is 29.8 Å². The highest BCUT2D eigenvalue weighted by Gasteiger charge is 2.23. The predicted octanol–water partition coefficient (Wildman–Crippen LogP) is 1.62. The average Bonchev–Trinajstić information content (AvgIpc) is 2.65. The molecule has 138 valence electrons. The fraction of sp³-hybridized carbons (Fsp3) is 0.111. The van der Waals surface area contributed by atoms with E-state index in [0.29, 0.717) is 10.6 Å². The normalized spacial score (nSPS) is 10.7. The summed E-state index contributed by atoms with van der Waals surface area (Å²) in [4.78, 5) is 40.0. The molecule has 0 aliphatic carbocycles. The molecule has 2 heterocycles. The van der Waals surface area contributed by atoms with Gasteiger partial charge in [0.2, 0.25) is 0 Å². The largest absolute Gasteiger partial charge is 0.506 e. The van der Waals surface area contributed by atoms with Gasteiger partial charge in [0.15, 0.2) is 0 Å². The van der Waals surface area contributed by atoms with E-state index < -0.39 is 35.3 Å². The first kappa shape index (κ1) is 18.4. The minimum atomic E-state index is -1.28. The molecule has 0 aliphatic rings.